The van der Waals surface area contributed by atoms with Crippen LogP contribution in [0, 0.1) is 11.8 Å². The predicted octanol–water partition coefficient (Wildman–Crippen LogP) is 1.20. The summed E-state index contributed by atoms with van der Waals surface area (Å²) in [6, 6.07) is 0. The minimum absolute atomic E-state index is 0.294. The number of ether oxygens (including phenoxy) is 2. The van der Waals surface area contributed by atoms with Gasteiger partial charge in [-0.2, -0.15) is 0 Å². The molecule has 2 rings (SSSR count). The van der Waals surface area contributed by atoms with Gasteiger partial charge < -0.3 is 14.6 Å². The van der Waals surface area contributed by atoms with E-state index in [-0.39, 0.29) is 0 Å². The number of rotatable bonds is 2. The number of hydrogen-bond donors (Lipinski definition) is 1. The zero-order valence-electron chi connectivity index (χ0n) is 8.87. The minimum Gasteiger partial charge on any atom is -0.389 e. The molecule has 0 spiro atoms. The Balaban J connectivity index is 1.97. The zero-order chi connectivity index (χ0) is 10.0. The molecule has 1 N–H and O–H groups in total. The Bertz CT molecular complexity index is 179. The first-order valence-electron chi connectivity index (χ1n) is 5.59. The van der Waals surface area contributed by atoms with Gasteiger partial charge in [-0.25, -0.2) is 0 Å². The number of aliphatic hydroxyl groups is 1. The summed E-state index contributed by atoms with van der Waals surface area (Å²) in [5.41, 5.74) is -0.600. The van der Waals surface area contributed by atoms with Crippen LogP contribution < -0.4 is 0 Å². The van der Waals surface area contributed by atoms with Crippen LogP contribution >= 0.6 is 0 Å². The molecule has 0 aromatic rings. The van der Waals surface area contributed by atoms with E-state index in [0.29, 0.717) is 25.0 Å². The standard InChI is InChI=1S/C11H20O3/c1-11(12,10-4-6-14-8-10)9-3-2-5-13-7-9/h9-10,12H,2-8H2,1H3. The minimum atomic E-state index is -0.600. The second kappa shape index (κ2) is 4.17. The summed E-state index contributed by atoms with van der Waals surface area (Å²) in [6.45, 7) is 5.03. The molecule has 0 aromatic heterocycles. The highest BCUT2D eigenvalue weighted by Gasteiger charge is 2.41. The molecular weight excluding hydrogens is 180 g/mol. The zero-order valence-corrected chi connectivity index (χ0v) is 8.87. The Morgan fingerprint density at radius 1 is 1.07 bits per heavy atom. The summed E-state index contributed by atoms with van der Waals surface area (Å²) in [6.07, 6.45) is 3.15. The van der Waals surface area contributed by atoms with Crippen LogP contribution in [0.4, 0.5) is 0 Å². The molecule has 2 heterocycles. The Labute approximate surface area is 85.4 Å². The first kappa shape index (κ1) is 10.4. The van der Waals surface area contributed by atoms with E-state index in [4.69, 9.17) is 9.47 Å². The van der Waals surface area contributed by atoms with Crippen molar-refractivity contribution in [2.75, 3.05) is 26.4 Å². The van der Waals surface area contributed by atoms with E-state index in [1.54, 1.807) is 0 Å². The van der Waals surface area contributed by atoms with Gasteiger partial charge in [0.15, 0.2) is 0 Å². The fourth-order valence-corrected chi connectivity index (χ4v) is 2.53. The lowest BCUT2D eigenvalue weighted by Gasteiger charge is -2.39. The molecule has 0 aromatic carbocycles. The van der Waals surface area contributed by atoms with Crippen molar-refractivity contribution in [2.45, 2.75) is 31.8 Å². The van der Waals surface area contributed by atoms with Gasteiger partial charge in [-0.15, -0.1) is 0 Å². The van der Waals surface area contributed by atoms with E-state index in [2.05, 4.69) is 0 Å². The van der Waals surface area contributed by atoms with Crippen molar-refractivity contribution in [1.82, 2.24) is 0 Å². The van der Waals surface area contributed by atoms with Gasteiger partial charge in [0.2, 0.25) is 0 Å². The molecule has 0 radical (unpaired) electrons. The van der Waals surface area contributed by atoms with Crippen LogP contribution in [0.25, 0.3) is 0 Å². The molecule has 3 atom stereocenters. The summed E-state index contributed by atoms with van der Waals surface area (Å²) in [5.74, 6) is 0.595. The highest BCUT2D eigenvalue weighted by Crippen LogP contribution is 2.35. The van der Waals surface area contributed by atoms with Crippen molar-refractivity contribution in [3.8, 4) is 0 Å². The molecule has 2 saturated heterocycles. The van der Waals surface area contributed by atoms with Crippen LogP contribution in [0.3, 0.4) is 0 Å². The van der Waals surface area contributed by atoms with Crippen molar-refractivity contribution in [3.05, 3.63) is 0 Å². The molecular formula is C11H20O3. The van der Waals surface area contributed by atoms with Gasteiger partial charge in [0.05, 0.1) is 18.8 Å². The van der Waals surface area contributed by atoms with Gasteiger partial charge in [0.25, 0.3) is 0 Å². The lowest BCUT2D eigenvalue weighted by atomic mass is 9.75. The third kappa shape index (κ3) is 1.95. The Kier molecular flexibility index (Phi) is 3.10. The molecule has 2 fully saturated rings. The molecule has 2 aliphatic heterocycles. The average molecular weight is 200 g/mol. The third-order valence-corrected chi connectivity index (χ3v) is 3.74. The Morgan fingerprint density at radius 2 is 1.71 bits per heavy atom. The summed E-state index contributed by atoms with van der Waals surface area (Å²) >= 11 is 0. The normalized spacial score (nSPS) is 38.1. The van der Waals surface area contributed by atoms with Crippen LogP contribution in [-0.2, 0) is 9.47 Å². The Morgan fingerprint density at radius 3 is 2.29 bits per heavy atom. The molecule has 82 valence electrons. The van der Waals surface area contributed by atoms with E-state index >= 15 is 0 Å². The SMILES string of the molecule is CC(O)(C1CCCOC1)C1CCOC1. The van der Waals surface area contributed by atoms with Crippen LogP contribution in [0.15, 0.2) is 0 Å². The highest BCUT2D eigenvalue weighted by atomic mass is 16.5. The van der Waals surface area contributed by atoms with Gasteiger partial charge in [-0.05, 0) is 26.2 Å². The quantitative estimate of drug-likeness (QED) is 0.728. The van der Waals surface area contributed by atoms with E-state index in [1.165, 1.54) is 0 Å². The van der Waals surface area contributed by atoms with Crippen molar-refractivity contribution in [2.24, 2.45) is 11.8 Å². The third-order valence-electron chi connectivity index (χ3n) is 3.74. The molecule has 3 unspecified atom stereocenters. The van der Waals surface area contributed by atoms with E-state index in [1.807, 2.05) is 6.92 Å². The van der Waals surface area contributed by atoms with Crippen LogP contribution in [-0.4, -0.2) is 37.1 Å². The average Bonchev–Trinajstić information content (AvgIpc) is 2.72. The fraction of sp³-hybridized carbons (Fsp3) is 1.00. The van der Waals surface area contributed by atoms with Crippen molar-refractivity contribution in [3.63, 3.8) is 0 Å². The van der Waals surface area contributed by atoms with Crippen LogP contribution in [0.1, 0.15) is 26.2 Å². The van der Waals surface area contributed by atoms with Crippen LogP contribution in [0.5, 0.6) is 0 Å². The monoisotopic (exact) mass is 200 g/mol. The van der Waals surface area contributed by atoms with Crippen LogP contribution in [0.2, 0.25) is 0 Å². The Hall–Kier alpha value is -0.120. The van der Waals surface area contributed by atoms with E-state index in [9.17, 15) is 5.11 Å². The van der Waals surface area contributed by atoms with Gasteiger partial charge in [0, 0.05) is 25.0 Å². The summed E-state index contributed by atoms with van der Waals surface area (Å²) < 4.78 is 10.8. The van der Waals surface area contributed by atoms with E-state index in [0.717, 1.165) is 32.5 Å². The molecule has 2 aliphatic rings. The highest BCUT2D eigenvalue weighted by molar-refractivity contribution is 4.91. The molecule has 0 amide bonds. The lowest BCUT2D eigenvalue weighted by molar-refractivity contribution is -0.102. The van der Waals surface area contributed by atoms with Crippen molar-refractivity contribution < 1.29 is 14.6 Å². The molecule has 0 bridgehead atoms. The maximum Gasteiger partial charge on any atom is 0.0720 e. The maximum absolute atomic E-state index is 10.5. The van der Waals surface area contributed by atoms with Gasteiger partial charge in [-0.3, -0.25) is 0 Å². The fourth-order valence-electron chi connectivity index (χ4n) is 2.53. The lowest BCUT2D eigenvalue weighted by Crippen LogP contribution is -2.46. The van der Waals surface area contributed by atoms with Gasteiger partial charge >= 0.3 is 0 Å². The second-order valence-corrected chi connectivity index (χ2v) is 4.70. The van der Waals surface area contributed by atoms with Crippen molar-refractivity contribution in [1.29, 1.82) is 0 Å². The van der Waals surface area contributed by atoms with Gasteiger partial charge in [-0.1, -0.05) is 0 Å². The topological polar surface area (TPSA) is 38.7 Å². The second-order valence-electron chi connectivity index (χ2n) is 4.70. The molecule has 14 heavy (non-hydrogen) atoms. The van der Waals surface area contributed by atoms with Crippen molar-refractivity contribution >= 4 is 0 Å². The maximum atomic E-state index is 10.5. The molecule has 0 aliphatic carbocycles. The molecule has 3 nitrogen and oxygen atoms in total. The predicted molar refractivity (Wildman–Crippen MR) is 53.1 cm³/mol. The first-order valence-corrected chi connectivity index (χ1v) is 5.59. The molecule has 0 saturated carbocycles. The first-order chi connectivity index (χ1) is 6.71. The smallest absolute Gasteiger partial charge is 0.0720 e. The number of hydrogen-bond acceptors (Lipinski definition) is 3. The summed E-state index contributed by atoms with van der Waals surface area (Å²) in [4.78, 5) is 0. The largest absolute Gasteiger partial charge is 0.389 e. The molecule has 3 heteroatoms. The van der Waals surface area contributed by atoms with Gasteiger partial charge in [0.1, 0.15) is 0 Å². The summed E-state index contributed by atoms with van der Waals surface area (Å²) in [5, 5.41) is 10.5. The summed E-state index contributed by atoms with van der Waals surface area (Å²) in [7, 11) is 0. The van der Waals surface area contributed by atoms with E-state index < -0.39 is 5.60 Å².